The molecule has 0 aliphatic carbocycles. The van der Waals surface area contributed by atoms with Crippen LogP contribution in [0.15, 0.2) is 83.8 Å². The fourth-order valence-corrected chi connectivity index (χ4v) is 6.15. The van der Waals surface area contributed by atoms with Crippen molar-refractivity contribution >= 4 is 85.5 Å². The Balaban J connectivity index is 1.32. The number of imide groups is 1. The number of fused-ring (bicyclic) bond motifs is 1. The second-order valence-corrected chi connectivity index (χ2v) is 11.6. The summed E-state index contributed by atoms with van der Waals surface area (Å²) in [4.78, 5) is 39.3. The minimum atomic E-state index is -0.537. The largest absolute Gasteiger partial charge is 0.490 e. The van der Waals surface area contributed by atoms with Gasteiger partial charge in [-0.15, -0.1) is 0 Å². The van der Waals surface area contributed by atoms with E-state index in [4.69, 9.17) is 21.1 Å². The van der Waals surface area contributed by atoms with Gasteiger partial charge in [0.1, 0.15) is 13.2 Å². The summed E-state index contributed by atoms with van der Waals surface area (Å²) in [5.74, 6) is 0.0940. The van der Waals surface area contributed by atoms with Gasteiger partial charge in [0.05, 0.1) is 15.1 Å². The average molecular weight is 699 g/mol. The predicted molar refractivity (Wildman–Crippen MR) is 171 cm³/mol. The van der Waals surface area contributed by atoms with E-state index >= 15 is 0 Å². The van der Waals surface area contributed by atoms with Gasteiger partial charge in [-0.05, 0) is 99.6 Å². The number of thioether (sulfide) groups is 1. The number of carbonyl (C=O) groups excluding carboxylic acids is 3. The lowest BCUT2D eigenvalue weighted by atomic mass is 10.1. The molecule has 0 saturated carbocycles. The molecule has 10 heteroatoms. The Morgan fingerprint density at radius 3 is 2.61 bits per heavy atom. The van der Waals surface area contributed by atoms with E-state index < -0.39 is 23.6 Å². The Labute approximate surface area is 260 Å². The van der Waals surface area contributed by atoms with Crippen molar-refractivity contribution in [3.63, 3.8) is 0 Å². The standard InChI is InChI=1S/C31H24ClIN2O5S/c1-2-39-26-14-19(13-25(33)29(26)40-18-21-9-5-8-20-7-3-4-12-24(20)21)15-27-30(37)35(31(38)41-27)17-28(36)34-23-11-6-10-22(32)16-23/h3-16H,2,17-18H2,1H3,(H,34,36)/b27-15+. The number of carbonyl (C=O) groups is 3. The molecule has 1 saturated heterocycles. The molecule has 1 N–H and O–H groups in total. The molecule has 0 spiro atoms. The topological polar surface area (TPSA) is 84.9 Å². The first kappa shape index (κ1) is 29.0. The van der Waals surface area contributed by atoms with E-state index in [-0.39, 0.29) is 4.91 Å². The molecular weight excluding hydrogens is 675 g/mol. The maximum Gasteiger partial charge on any atom is 0.294 e. The number of halogens is 2. The summed E-state index contributed by atoms with van der Waals surface area (Å²) >= 11 is 8.92. The highest BCUT2D eigenvalue weighted by atomic mass is 127. The normalized spacial score (nSPS) is 14.1. The van der Waals surface area contributed by atoms with E-state index in [9.17, 15) is 14.4 Å². The Hall–Kier alpha value is -3.54. The lowest BCUT2D eigenvalue weighted by Crippen LogP contribution is -2.36. The first-order valence-electron chi connectivity index (χ1n) is 12.7. The number of ether oxygens (including phenoxy) is 2. The summed E-state index contributed by atoms with van der Waals surface area (Å²) in [5.41, 5.74) is 2.20. The van der Waals surface area contributed by atoms with Gasteiger partial charge in [0.15, 0.2) is 11.5 Å². The van der Waals surface area contributed by atoms with Crippen molar-refractivity contribution in [2.45, 2.75) is 13.5 Å². The van der Waals surface area contributed by atoms with Gasteiger partial charge >= 0.3 is 0 Å². The van der Waals surface area contributed by atoms with Crippen LogP contribution in [0.4, 0.5) is 10.5 Å². The molecule has 0 radical (unpaired) electrons. The molecule has 0 bridgehead atoms. The van der Waals surface area contributed by atoms with Crippen LogP contribution in [0.25, 0.3) is 16.8 Å². The highest BCUT2D eigenvalue weighted by molar-refractivity contribution is 14.1. The van der Waals surface area contributed by atoms with E-state index in [0.717, 1.165) is 36.6 Å². The summed E-state index contributed by atoms with van der Waals surface area (Å²) in [6.45, 7) is 2.25. The zero-order valence-corrected chi connectivity index (χ0v) is 25.6. The van der Waals surface area contributed by atoms with Crippen molar-refractivity contribution in [2.75, 3.05) is 18.5 Å². The molecule has 41 heavy (non-hydrogen) atoms. The molecule has 3 amide bonds. The van der Waals surface area contributed by atoms with Crippen LogP contribution in [0, 0.1) is 3.57 Å². The summed E-state index contributed by atoms with van der Waals surface area (Å²) in [6, 6.07) is 24.5. The zero-order chi connectivity index (χ0) is 28.9. The quantitative estimate of drug-likeness (QED) is 0.142. The Kier molecular flexibility index (Phi) is 9.16. The van der Waals surface area contributed by atoms with Gasteiger partial charge in [-0.3, -0.25) is 19.3 Å². The molecule has 4 aromatic carbocycles. The van der Waals surface area contributed by atoms with E-state index in [1.807, 2.05) is 37.3 Å². The number of nitrogens with one attached hydrogen (secondary N) is 1. The Bertz CT molecular complexity index is 1690. The molecule has 0 unspecified atom stereocenters. The van der Waals surface area contributed by atoms with Crippen molar-refractivity contribution < 1.29 is 23.9 Å². The van der Waals surface area contributed by atoms with E-state index in [0.29, 0.717) is 41.0 Å². The second-order valence-electron chi connectivity index (χ2n) is 9.02. The first-order valence-corrected chi connectivity index (χ1v) is 15.0. The molecular formula is C31H24ClIN2O5S. The maximum absolute atomic E-state index is 13.0. The third kappa shape index (κ3) is 6.86. The molecule has 1 aliphatic rings. The molecule has 0 aromatic heterocycles. The average Bonchev–Trinajstić information content (AvgIpc) is 3.20. The fourth-order valence-electron chi connectivity index (χ4n) is 4.34. The lowest BCUT2D eigenvalue weighted by molar-refractivity contribution is -0.127. The predicted octanol–water partition coefficient (Wildman–Crippen LogP) is 7.75. The van der Waals surface area contributed by atoms with Crippen molar-refractivity contribution in [2.24, 2.45) is 0 Å². The number of amides is 3. The number of hydrogen-bond donors (Lipinski definition) is 1. The highest BCUT2D eigenvalue weighted by Crippen LogP contribution is 2.38. The first-order chi connectivity index (χ1) is 19.8. The van der Waals surface area contributed by atoms with Crippen LogP contribution >= 0.6 is 46.0 Å². The Morgan fingerprint density at radius 1 is 1.02 bits per heavy atom. The van der Waals surface area contributed by atoms with Crippen LogP contribution in [0.2, 0.25) is 5.02 Å². The van der Waals surface area contributed by atoms with Crippen molar-refractivity contribution in [3.8, 4) is 11.5 Å². The molecule has 4 aromatic rings. The maximum atomic E-state index is 13.0. The molecule has 1 heterocycles. The third-order valence-electron chi connectivity index (χ3n) is 6.17. The van der Waals surface area contributed by atoms with Gasteiger partial charge in [-0.1, -0.05) is 60.1 Å². The number of rotatable bonds is 9. The van der Waals surface area contributed by atoms with Crippen molar-refractivity contribution in [1.82, 2.24) is 4.90 Å². The van der Waals surface area contributed by atoms with Crippen molar-refractivity contribution in [3.05, 3.63) is 103 Å². The van der Waals surface area contributed by atoms with Gasteiger partial charge in [0.25, 0.3) is 11.1 Å². The smallest absolute Gasteiger partial charge is 0.294 e. The molecule has 7 nitrogen and oxygen atoms in total. The Morgan fingerprint density at radius 2 is 1.80 bits per heavy atom. The van der Waals surface area contributed by atoms with E-state index in [1.54, 1.807) is 36.4 Å². The van der Waals surface area contributed by atoms with E-state index in [1.165, 1.54) is 0 Å². The molecule has 208 valence electrons. The highest BCUT2D eigenvalue weighted by Gasteiger charge is 2.36. The SMILES string of the molecule is CCOc1cc(/C=C2/SC(=O)N(CC(=O)Nc3cccc(Cl)c3)C2=O)cc(I)c1OCc1cccc2ccccc12. The minimum Gasteiger partial charge on any atom is -0.490 e. The van der Waals surface area contributed by atoms with Crippen LogP contribution in [0.5, 0.6) is 11.5 Å². The van der Waals surface area contributed by atoms with Crippen LogP contribution in [0.3, 0.4) is 0 Å². The number of anilines is 1. The summed E-state index contributed by atoms with van der Waals surface area (Å²) < 4.78 is 12.9. The van der Waals surface area contributed by atoms with Crippen LogP contribution < -0.4 is 14.8 Å². The van der Waals surface area contributed by atoms with Crippen molar-refractivity contribution in [1.29, 1.82) is 0 Å². The zero-order valence-electron chi connectivity index (χ0n) is 21.9. The van der Waals surface area contributed by atoms with Gasteiger partial charge in [-0.2, -0.15) is 0 Å². The third-order valence-corrected chi connectivity index (χ3v) is 8.11. The molecule has 0 atom stereocenters. The second kappa shape index (κ2) is 13.0. The molecule has 5 rings (SSSR count). The number of nitrogens with zero attached hydrogens (tertiary/aromatic N) is 1. The summed E-state index contributed by atoms with van der Waals surface area (Å²) in [5, 5.41) is 4.86. The molecule has 1 aliphatic heterocycles. The van der Waals surface area contributed by atoms with Crippen LogP contribution in [-0.2, 0) is 16.2 Å². The van der Waals surface area contributed by atoms with Crippen LogP contribution in [-0.4, -0.2) is 35.1 Å². The number of hydrogen-bond acceptors (Lipinski definition) is 6. The van der Waals surface area contributed by atoms with Gasteiger partial charge < -0.3 is 14.8 Å². The lowest BCUT2D eigenvalue weighted by Gasteiger charge is -2.16. The van der Waals surface area contributed by atoms with Gasteiger partial charge in [0, 0.05) is 10.7 Å². The number of benzene rings is 4. The van der Waals surface area contributed by atoms with Gasteiger partial charge in [0.2, 0.25) is 5.91 Å². The summed E-state index contributed by atoms with van der Waals surface area (Å²) in [7, 11) is 0. The summed E-state index contributed by atoms with van der Waals surface area (Å²) in [6.07, 6.45) is 1.62. The fraction of sp³-hybridized carbons (Fsp3) is 0.129. The minimum absolute atomic E-state index is 0.216. The molecule has 1 fully saturated rings. The van der Waals surface area contributed by atoms with Crippen LogP contribution in [0.1, 0.15) is 18.1 Å². The van der Waals surface area contributed by atoms with E-state index in [2.05, 4.69) is 46.1 Å². The van der Waals surface area contributed by atoms with Gasteiger partial charge in [-0.25, -0.2) is 0 Å². The monoisotopic (exact) mass is 698 g/mol.